The van der Waals surface area contributed by atoms with Gasteiger partial charge in [-0.2, -0.15) is 0 Å². The van der Waals surface area contributed by atoms with Gasteiger partial charge in [0, 0.05) is 7.64 Å². The predicted molar refractivity (Wildman–Crippen MR) is 80.4 cm³/mol. The Hall–Kier alpha value is -0.480. The largest absolute Gasteiger partial charge is 0.349 e. The maximum Gasteiger partial charge on any atom is 0.349 e. The summed E-state index contributed by atoms with van der Waals surface area (Å²) in [5.74, 6) is 0. The van der Waals surface area contributed by atoms with Crippen LogP contribution in [0, 0.1) is 6.92 Å². The van der Waals surface area contributed by atoms with E-state index in [2.05, 4.69) is 0 Å². The summed E-state index contributed by atoms with van der Waals surface area (Å²) in [5.41, 5.74) is 1.01. The Morgan fingerprint density at radius 3 is 2.20 bits per heavy atom. The minimum Gasteiger partial charge on any atom is -0.308 e. The smallest absolute Gasteiger partial charge is 0.308 e. The van der Waals surface area contributed by atoms with Crippen LogP contribution in [-0.2, 0) is 24.4 Å². The lowest BCUT2D eigenvalue weighted by Gasteiger charge is -2.25. The first-order valence-electron chi connectivity index (χ1n) is 7.62. The van der Waals surface area contributed by atoms with Crippen molar-refractivity contribution in [1.29, 1.82) is 0 Å². The summed E-state index contributed by atoms with van der Waals surface area (Å²) in [6.07, 6.45) is -1.94. The van der Waals surface area contributed by atoms with Crippen molar-refractivity contribution >= 4 is 18.4 Å². The Labute approximate surface area is 125 Å². The lowest BCUT2D eigenvalue weighted by Crippen LogP contribution is -2.21. The number of rotatable bonds is 7. The third-order valence-electron chi connectivity index (χ3n) is 3.06. The molecule has 2 rings (SSSR count). The zero-order valence-electron chi connectivity index (χ0n) is 13.9. The van der Waals surface area contributed by atoms with Gasteiger partial charge in [0.1, 0.15) is 0 Å². The first-order chi connectivity index (χ1) is 10.2. The van der Waals surface area contributed by atoms with Gasteiger partial charge in [-0.05, 0) is 45.7 Å². The molecule has 4 nitrogen and oxygen atoms in total. The summed E-state index contributed by atoms with van der Waals surface area (Å²) >= 11 is 0. The fourth-order valence-corrected chi connectivity index (χ4v) is 6.13. The summed E-state index contributed by atoms with van der Waals surface area (Å²) in [6, 6.07) is 6.93. The monoisotopic (exact) mass is 318 g/mol. The molecule has 0 aliphatic heterocycles. The molecule has 2 atom stereocenters. The Morgan fingerprint density at radius 1 is 1.30 bits per heavy atom. The normalized spacial score (nSPS) is 27.6. The number of hydrogen-bond acceptors (Lipinski definition) is 4. The molecule has 1 fully saturated rings. The zero-order valence-corrected chi connectivity index (χ0v) is 13.6. The van der Waals surface area contributed by atoms with E-state index in [-0.39, 0.29) is 19.6 Å². The molecule has 112 valence electrons. The van der Waals surface area contributed by atoms with Gasteiger partial charge in [-0.3, -0.25) is 8.77 Å². The highest BCUT2D eigenvalue weighted by Crippen LogP contribution is 2.73. The van der Waals surface area contributed by atoms with Crippen LogP contribution in [0.1, 0.15) is 34.9 Å². The van der Waals surface area contributed by atoms with Crippen molar-refractivity contribution in [3.8, 4) is 0 Å². The van der Waals surface area contributed by atoms with E-state index in [0.29, 0.717) is 4.90 Å². The van der Waals surface area contributed by atoms with Crippen LogP contribution in [0.25, 0.3) is 0 Å². The van der Waals surface area contributed by atoms with Gasteiger partial charge in [0.2, 0.25) is 0 Å². The average molecular weight is 318 g/mol. The maximum absolute atomic E-state index is 13.1. The minimum absolute atomic E-state index is 0.0994. The second-order valence-electron chi connectivity index (χ2n) is 4.55. The molecule has 6 heteroatoms. The Bertz CT molecular complexity index is 610. The minimum atomic E-state index is -3.84. The van der Waals surface area contributed by atoms with Gasteiger partial charge < -0.3 is 9.05 Å². The van der Waals surface area contributed by atoms with Crippen molar-refractivity contribution in [2.24, 2.45) is 0 Å². The fourth-order valence-electron chi connectivity index (χ4n) is 1.94. The Morgan fingerprint density at radius 2 is 1.80 bits per heavy atom. The van der Waals surface area contributed by atoms with Gasteiger partial charge in [-0.15, -0.1) is 0 Å². The van der Waals surface area contributed by atoms with E-state index in [1.807, 2.05) is 6.92 Å². The third kappa shape index (κ3) is 2.77. The van der Waals surface area contributed by atoms with Crippen LogP contribution in [0.4, 0.5) is 0 Å². The van der Waals surface area contributed by atoms with Crippen molar-refractivity contribution in [3.05, 3.63) is 29.8 Å². The van der Waals surface area contributed by atoms with Crippen molar-refractivity contribution in [2.75, 3.05) is 13.2 Å². The third-order valence-corrected chi connectivity index (χ3v) is 8.23. The van der Waals surface area contributed by atoms with Crippen LogP contribution in [0.15, 0.2) is 29.2 Å². The molecular weight excluding hydrogens is 295 g/mol. The van der Waals surface area contributed by atoms with E-state index in [4.69, 9.17) is 11.8 Å². The number of aryl methyl sites for hydroxylation is 1. The lowest BCUT2D eigenvalue weighted by atomic mass is 10.2. The Balaban J connectivity index is 2.47. The van der Waals surface area contributed by atoms with Crippen LogP contribution < -0.4 is 0 Å². The standard InChI is InChI=1S/C14H21O4PS/c1-4-17-19(15,18-5-2)14(10-11-14)20(16)13-8-6-12(3)7-9-13/h6-9H,4-5,10-11H2,1-3H3/i10D2. The second-order valence-corrected chi connectivity index (χ2v) is 8.84. The molecule has 0 spiro atoms. The van der Waals surface area contributed by atoms with Gasteiger partial charge in [0.25, 0.3) is 0 Å². The van der Waals surface area contributed by atoms with E-state index in [0.717, 1.165) is 5.56 Å². The molecule has 2 unspecified atom stereocenters. The summed E-state index contributed by atoms with van der Waals surface area (Å²) in [4.78, 5) is 0.437. The van der Waals surface area contributed by atoms with Gasteiger partial charge in [0.05, 0.1) is 24.0 Å². The average Bonchev–Trinajstić information content (AvgIpc) is 3.04. The molecule has 1 aliphatic carbocycles. The summed E-state index contributed by atoms with van der Waals surface area (Å²) in [6.45, 7) is 5.45. The number of hydrogen-bond donors (Lipinski definition) is 0. The number of benzene rings is 1. The van der Waals surface area contributed by atoms with Crippen molar-refractivity contribution < 1.29 is 20.6 Å². The van der Waals surface area contributed by atoms with Gasteiger partial charge in [-0.25, -0.2) is 0 Å². The molecule has 1 aliphatic rings. The lowest BCUT2D eigenvalue weighted by molar-refractivity contribution is 0.216. The molecule has 0 saturated heterocycles. The van der Waals surface area contributed by atoms with E-state index < -0.39 is 29.3 Å². The van der Waals surface area contributed by atoms with Crippen LogP contribution >= 0.6 is 7.60 Å². The highest BCUT2D eigenvalue weighted by Gasteiger charge is 2.65. The van der Waals surface area contributed by atoms with Gasteiger partial charge >= 0.3 is 7.60 Å². The van der Waals surface area contributed by atoms with E-state index in [9.17, 15) is 8.77 Å². The molecule has 20 heavy (non-hydrogen) atoms. The predicted octanol–water partition coefficient (Wildman–Crippen LogP) is 3.86. The molecule has 1 aromatic carbocycles. The first kappa shape index (κ1) is 13.2. The first-order valence-corrected chi connectivity index (χ1v) is 9.31. The highest BCUT2D eigenvalue weighted by atomic mass is 32.2. The van der Waals surface area contributed by atoms with Gasteiger partial charge in [-0.1, -0.05) is 17.7 Å². The molecule has 0 heterocycles. The highest BCUT2D eigenvalue weighted by molar-refractivity contribution is 7.95. The SMILES string of the molecule is [2H]C1([2H])CC1(S(=O)c1ccc(C)cc1)P(=O)(OCC)OCC. The molecule has 0 N–H and O–H groups in total. The topological polar surface area (TPSA) is 52.6 Å². The summed E-state index contributed by atoms with van der Waals surface area (Å²) in [5, 5.41) is 0. The fraction of sp³-hybridized carbons (Fsp3) is 0.571. The molecule has 0 amide bonds. The van der Waals surface area contributed by atoms with Gasteiger partial charge in [0.15, 0.2) is 4.49 Å². The molecule has 0 radical (unpaired) electrons. The van der Waals surface area contributed by atoms with Crippen molar-refractivity contribution in [3.63, 3.8) is 0 Å². The van der Waals surface area contributed by atoms with E-state index in [1.165, 1.54) is 0 Å². The summed E-state index contributed by atoms with van der Waals surface area (Å²) < 4.78 is 51.1. The second kappa shape index (κ2) is 6.10. The van der Waals surface area contributed by atoms with Crippen molar-refractivity contribution in [1.82, 2.24) is 0 Å². The molecule has 1 saturated carbocycles. The van der Waals surface area contributed by atoms with Crippen LogP contribution in [0.2, 0.25) is 0 Å². The van der Waals surface area contributed by atoms with Crippen molar-refractivity contribution in [2.45, 2.75) is 42.9 Å². The molecule has 1 aromatic rings. The van der Waals surface area contributed by atoms with Crippen LogP contribution in [-0.4, -0.2) is 21.9 Å². The molecule has 0 aromatic heterocycles. The quantitative estimate of drug-likeness (QED) is 0.716. The Kier molecular flexibility index (Phi) is 4.03. The van der Waals surface area contributed by atoms with E-state index in [1.54, 1.807) is 38.1 Å². The molecular formula is C14H21O4PS. The maximum atomic E-state index is 13.1. The van der Waals surface area contributed by atoms with Crippen LogP contribution in [0.5, 0.6) is 0 Å². The summed E-state index contributed by atoms with van der Waals surface area (Å²) in [7, 11) is -5.66. The zero-order chi connectivity index (χ0) is 16.6. The van der Waals surface area contributed by atoms with Crippen LogP contribution in [0.3, 0.4) is 0 Å². The molecule has 0 bridgehead atoms. The van der Waals surface area contributed by atoms with E-state index >= 15 is 0 Å².